The van der Waals surface area contributed by atoms with Crippen LogP contribution < -0.4 is 10.1 Å². The summed E-state index contributed by atoms with van der Waals surface area (Å²) in [5.74, 6) is -1.54. The molecular weight excluding hydrogens is 689 g/mol. The molecule has 8 rings (SSSR count). The summed E-state index contributed by atoms with van der Waals surface area (Å²) in [5.41, 5.74) is 0.581. The molecule has 5 aromatic rings. The third kappa shape index (κ3) is 6.09. The van der Waals surface area contributed by atoms with Crippen LogP contribution in [0.1, 0.15) is 66.8 Å². The van der Waals surface area contributed by atoms with Crippen molar-refractivity contribution in [2.24, 2.45) is 0 Å². The SMILES string of the molecule is CCc1c(F)ccc2cc(O)cc(-c3ncc4c(NCc5cc(C(=O)N(C)C)nn5C5CCC5O)nc(OC[C@@]56CCCN5C[C@H](F)C6)nc4c3F)c12. The van der Waals surface area contributed by atoms with E-state index in [-0.39, 0.29) is 70.5 Å². The maximum absolute atomic E-state index is 17.0. The molecule has 2 aromatic carbocycles. The minimum Gasteiger partial charge on any atom is -0.508 e. The summed E-state index contributed by atoms with van der Waals surface area (Å²) in [6.07, 6.45) is 3.42. The average molecular weight is 731 g/mol. The first-order valence-electron chi connectivity index (χ1n) is 18.0. The summed E-state index contributed by atoms with van der Waals surface area (Å²) < 4.78 is 54.4. The van der Waals surface area contributed by atoms with Gasteiger partial charge in [0.05, 0.1) is 35.3 Å². The zero-order chi connectivity index (χ0) is 37.2. The number of nitrogens with zero attached hydrogens (tertiary/aromatic N) is 7. The maximum atomic E-state index is 17.0. The van der Waals surface area contributed by atoms with E-state index < -0.39 is 29.4 Å². The lowest BCUT2D eigenvalue weighted by Gasteiger charge is -2.33. The molecule has 1 aliphatic carbocycles. The predicted molar refractivity (Wildman–Crippen MR) is 192 cm³/mol. The van der Waals surface area contributed by atoms with E-state index in [1.54, 1.807) is 31.8 Å². The number of carbonyl (C=O) groups is 1. The number of benzene rings is 2. The normalized spacial score (nSPS) is 22.7. The van der Waals surface area contributed by atoms with E-state index in [9.17, 15) is 19.4 Å². The minimum atomic E-state index is -0.974. The van der Waals surface area contributed by atoms with Crippen molar-refractivity contribution < 1.29 is 32.9 Å². The van der Waals surface area contributed by atoms with Gasteiger partial charge in [-0.3, -0.25) is 19.4 Å². The third-order valence-corrected chi connectivity index (χ3v) is 11.0. The lowest BCUT2D eigenvalue weighted by molar-refractivity contribution is 0.0237. The molecule has 2 saturated heterocycles. The molecule has 3 aromatic heterocycles. The first-order chi connectivity index (χ1) is 25.5. The second kappa shape index (κ2) is 13.4. The number of fused-ring (bicyclic) bond motifs is 3. The van der Waals surface area contributed by atoms with Gasteiger partial charge in [0, 0.05) is 38.8 Å². The Hall–Kier alpha value is -5.02. The average Bonchev–Trinajstić information content (AvgIpc) is 3.81. The van der Waals surface area contributed by atoms with E-state index >= 15 is 8.78 Å². The van der Waals surface area contributed by atoms with Gasteiger partial charge in [-0.2, -0.15) is 15.1 Å². The Morgan fingerprint density at radius 1 is 1.17 bits per heavy atom. The standard InChI is InChI=1S/C38H41F3N8O4/c1-4-24-27(40)7-6-20-12-23(50)14-25(31(20)24)33-32(41)34-26(17-42-33)35(45-37(44-34)53-19-38-10-5-11-48(38)18-21(39)15-38)43-16-22-13-28(36(52)47(2)3)46-49(22)29-8-9-30(29)51/h6-7,12-14,17,21,29-30,50-51H,4-5,8-11,15-16,18-19H2,1-3H3,(H,43,44,45)/t21-,29?,30?,38+/m1/s1. The summed E-state index contributed by atoms with van der Waals surface area (Å²) in [7, 11) is 3.26. The number of aryl methyl sites for hydroxylation is 1. The van der Waals surface area contributed by atoms with Crippen LogP contribution in [0.2, 0.25) is 0 Å². The van der Waals surface area contributed by atoms with Crippen molar-refractivity contribution in [2.75, 3.05) is 39.1 Å². The number of anilines is 1. The van der Waals surface area contributed by atoms with E-state index in [1.807, 2.05) is 0 Å². The fraction of sp³-hybridized carbons (Fsp3) is 0.447. The summed E-state index contributed by atoms with van der Waals surface area (Å²) in [6, 6.07) is 6.91. The molecule has 4 atom stereocenters. The predicted octanol–water partition coefficient (Wildman–Crippen LogP) is 5.55. The van der Waals surface area contributed by atoms with Crippen LogP contribution in [0.5, 0.6) is 11.8 Å². The van der Waals surface area contributed by atoms with Crippen molar-refractivity contribution in [3.63, 3.8) is 0 Å². The number of amides is 1. The molecule has 12 nitrogen and oxygen atoms in total. The number of pyridine rings is 1. The highest BCUT2D eigenvalue weighted by Crippen LogP contribution is 2.42. The second-order valence-electron chi connectivity index (χ2n) is 14.6. The van der Waals surface area contributed by atoms with Crippen LogP contribution in [-0.4, -0.2) is 102 Å². The van der Waals surface area contributed by atoms with Gasteiger partial charge in [-0.05, 0) is 79.3 Å². The number of aromatic hydroxyl groups is 1. The summed E-state index contributed by atoms with van der Waals surface area (Å²) in [4.78, 5) is 30.0. The van der Waals surface area contributed by atoms with Crippen LogP contribution in [0.4, 0.5) is 19.0 Å². The van der Waals surface area contributed by atoms with E-state index in [2.05, 4.69) is 30.3 Å². The Kier molecular flexibility index (Phi) is 8.88. The number of rotatable bonds is 10. The molecule has 0 radical (unpaired) electrons. The highest BCUT2D eigenvalue weighted by molar-refractivity contribution is 6.01. The molecule has 3 fully saturated rings. The Balaban J connectivity index is 1.22. The van der Waals surface area contributed by atoms with Gasteiger partial charge in [0.2, 0.25) is 0 Å². The number of hydrogen-bond acceptors (Lipinski definition) is 10. The van der Waals surface area contributed by atoms with Crippen molar-refractivity contribution in [3.8, 4) is 23.0 Å². The molecule has 3 N–H and O–H groups in total. The quantitative estimate of drug-likeness (QED) is 0.168. The lowest BCUT2D eigenvalue weighted by Crippen LogP contribution is -2.43. The summed E-state index contributed by atoms with van der Waals surface area (Å²) >= 11 is 0. The van der Waals surface area contributed by atoms with E-state index in [0.717, 1.165) is 19.4 Å². The second-order valence-corrected chi connectivity index (χ2v) is 14.6. The van der Waals surface area contributed by atoms with Gasteiger partial charge in [-0.1, -0.05) is 13.0 Å². The summed E-state index contributed by atoms with van der Waals surface area (Å²) in [6.45, 7) is 3.09. The molecule has 3 aliphatic rings. The number of ether oxygens (including phenoxy) is 1. The number of hydrogen-bond donors (Lipinski definition) is 3. The van der Waals surface area contributed by atoms with Gasteiger partial charge in [-0.15, -0.1) is 0 Å². The minimum absolute atomic E-state index is 0.0867. The Morgan fingerprint density at radius 2 is 2.00 bits per heavy atom. The molecule has 5 heterocycles. The Bertz CT molecular complexity index is 2250. The molecule has 278 valence electrons. The van der Waals surface area contributed by atoms with Crippen molar-refractivity contribution in [3.05, 3.63) is 65.1 Å². The zero-order valence-electron chi connectivity index (χ0n) is 29.7. The van der Waals surface area contributed by atoms with Gasteiger partial charge in [0.15, 0.2) is 11.5 Å². The van der Waals surface area contributed by atoms with Crippen LogP contribution in [0.25, 0.3) is 32.9 Å². The molecule has 2 unspecified atom stereocenters. The number of aliphatic hydroxyl groups excluding tert-OH is 1. The molecule has 1 saturated carbocycles. The van der Waals surface area contributed by atoms with E-state index in [1.165, 1.54) is 35.4 Å². The van der Waals surface area contributed by atoms with Crippen LogP contribution in [0.3, 0.4) is 0 Å². The Morgan fingerprint density at radius 3 is 2.74 bits per heavy atom. The van der Waals surface area contributed by atoms with Gasteiger partial charge in [0.1, 0.15) is 41.4 Å². The topological polar surface area (TPSA) is 142 Å². The van der Waals surface area contributed by atoms with Gasteiger partial charge < -0.3 is 25.2 Å². The maximum Gasteiger partial charge on any atom is 0.319 e. The van der Waals surface area contributed by atoms with Crippen molar-refractivity contribution in [1.82, 2.24) is 34.5 Å². The van der Waals surface area contributed by atoms with E-state index in [0.29, 0.717) is 54.3 Å². The highest BCUT2D eigenvalue weighted by Gasteiger charge is 2.49. The van der Waals surface area contributed by atoms with Gasteiger partial charge in [-0.25, -0.2) is 13.2 Å². The molecule has 2 aliphatic heterocycles. The smallest absolute Gasteiger partial charge is 0.319 e. The molecule has 15 heteroatoms. The van der Waals surface area contributed by atoms with Gasteiger partial charge >= 0.3 is 6.01 Å². The number of alkyl halides is 1. The number of phenols is 1. The largest absolute Gasteiger partial charge is 0.508 e. The monoisotopic (exact) mass is 730 g/mol. The third-order valence-electron chi connectivity index (χ3n) is 11.0. The lowest BCUT2D eigenvalue weighted by atomic mass is 9.89. The van der Waals surface area contributed by atoms with Crippen LogP contribution in [0, 0.1) is 11.6 Å². The molecule has 1 amide bonds. The first-order valence-corrected chi connectivity index (χ1v) is 18.0. The Labute approximate surface area is 303 Å². The van der Waals surface area contributed by atoms with Gasteiger partial charge in [0.25, 0.3) is 5.91 Å². The van der Waals surface area contributed by atoms with E-state index in [4.69, 9.17) is 4.74 Å². The first kappa shape index (κ1) is 35.0. The molecule has 0 bridgehead atoms. The van der Waals surface area contributed by atoms with Crippen molar-refractivity contribution in [2.45, 2.75) is 75.8 Å². The van der Waals surface area contributed by atoms with Crippen LogP contribution in [0.15, 0.2) is 36.5 Å². The number of nitrogens with one attached hydrogen (secondary N) is 1. The molecular formula is C38H41F3N8O4. The van der Waals surface area contributed by atoms with Crippen molar-refractivity contribution >= 4 is 33.4 Å². The van der Waals surface area contributed by atoms with Crippen LogP contribution in [-0.2, 0) is 13.0 Å². The molecule has 53 heavy (non-hydrogen) atoms. The zero-order valence-corrected chi connectivity index (χ0v) is 29.7. The number of phenolic OH excluding ortho intramolecular Hbond substituents is 1. The number of halogens is 3. The highest BCUT2D eigenvalue weighted by atomic mass is 19.1. The summed E-state index contributed by atoms with van der Waals surface area (Å²) in [5, 5.41) is 30.1. The molecule has 0 spiro atoms. The number of aromatic nitrogens is 5. The fourth-order valence-electron chi connectivity index (χ4n) is 8.21. The van der Waals surface area contributed by atoms with Crippen LogP contribution >= 0.6 is 0 Å². The number of carbonyl (C=O) groups excluding carboxylic acids is 1. The fourth-order valence-corrected chi connectivity index (χ4v) is 8.21. The van der Waals surface area contributed by atoms with Crippen molar-refractivity contribution in [1.29, 1.82) is 0 Å². The number of aliphatic hydroxyl groups is 1.